The van der Waals surface area contributed by atoms with Crippen molar-refractivity contribution in [2.45, 2.75) is 13.5 Å². The minimum atomic E-state index is -0.264. The zero-order valence-electron chi connectivity index (χ0n) is 19.1. The largest absolute Gasteiger partial charge is 0.494 e. The summed E-state index contributed by atoms with van der Waals surface area (Å²) in [6, 6.07) is 24.1. The van der Waals surface area contributed by atoms with Crippen molar-refractivity contribution in [1.82, 2.24) is 4.90 Å². The van der Waals surface area contributed by atoms with Crippen LogP contribution in [-0.4, -0.2) is 34.2 Å². The SMILES string of the molecule is CCOc1ccc(NC(=O)COc2ccc(/C=C3\SC(=S)N(Cc4ccccc4)C3=O)cc2)cc1. The molecule has 8 heteroatoms. The Morgan fingerprint density at radius 3 is 2.31 bits per heavy atom. The van der Waals surface area contributed by atoms with Crippen molar-refractivity contribution in [3.63, 3.8) is 0 Å². The number of ether oxygens (including phenoxy) is 2. The van der Waals surface area contributed by atoms with Crippen molar-refractivity contribution in [2.75, 3.05) is 18.5 Å². The van der Waals surface area contributed by atoms with Crippen molar-refractivity contribution in [1.29, 1.82) is 0 Å². The Morgan fingerprint density at radius 1 is 0.971 bits per heavy atom. The molecule has 3 aromatic carbocycles. The van der Waals surface area contributed by atoms with Gasteiger partial charge in [-0.3, -0.25) is 14.5 Å². The summed E-state index contributed by atoms with van der Waals surface area (Å²) in [6.07, 6.45) is 1.81. The van der Waals surface area contributed by atoms with Gasteiger partial charge in [0.15, 0.2) is 6.61 Å². The Kier molecular flexibility index (Phi) is 8.18. The standard InChI is InChI=1S/C27H24N2O4S2/c1-2-32-22-14-10-21(11-15-22)28-25(30)18-33-23-12-8-19(9-13-23)16-24-26(31)29(27(34)35-24)17-20-6-4-3-5-7-20/h3-16H,2,17-18H2,1H3,(H,28,30)/b24-16-. The second-order valence-corrected chi connectivity index (χ2v) is 9.29. The molecule has 4 rings (SSSR count). The summed E-state index contributed by atoms with van der Waals surface area (Å²) in [7, 11) is 0. The van der Waals surface area contributed by atoms with Crippen molar-refractivity contribution in [2.24, 2.45) is 0 Å². The van der Waals surface area contributed by atoms with Gasteiger partial charge in [-0.2, -0.15) is 0 Å². The number of thioether (sulfide) groups is 1. The molecule has 1 fully saturated rings. The Labute approximate surface area is 213 Å². The van der Waals surface area contributed by atoms with Crippen LogP contribution in [0.25, 0.3) is 6.08 Å². The van der Waals surface area contributed by atoms with E-state index in [-0.39, 0.29) is 18.4 Å². The van der Waals surface area contributed by atoms with E-state index in [0.717, 1.165) is 16.9 Å². The number of benzene rings is 3. The van der Waals surface area contributed by atoms with Gasteiger partial charge in [0.25, 0.3) is 11.8 Å². The molecule has 6 nitrogen and oxygen atoms in total. The van der Waals surface area contributed by atoms with E-state index in [1.54, 1.807) is 41.3 Å². The second kappa shape index (κ2) is 11.7. The molecule has 0 unspecified atom stereocenters. The second-order valence-electron chi connectivity index (χ2n) is 7.62. The average molecular weight is 505 g/mol. The molecule has 1 aliphatic heterocycles. The molecule has 0 aromatic heterocycles. The molecule has 0 saturated carbocycles. The molecule has 0 spiro atoms. The summed E-state index contributed by atoms with van der Waals surface area (Å²) < 4.78 is 11.5. The van der Waals surface area contributed by atoms with Crippen LogP contribution in [0.4, 0.5) is 5.69 Å². The third kappa shape index (κ3) is 6.71. The Morgan fingerprint density at radius 2 is 1.63 bits per heavy atom. The predicted molar refractivity (Wildman–Crippen MR) is 143 cm³/mol. The van der Waals surface area contributed by atoms with Gasteiger partial charge in [-0.05, 0) is 60.5 Å². The van der Waals surface area contributed by atoms with Gasteiger partial charge in [0.05, 0.1) is 18.1 Å². The zero-order chi connectivity index (χ0) is 24.6. The van der Waals surface area contributed by atoms with E-state index in [2.05, 4.69) is 5.32 Å². The first kappa shape index (κ1) is 24.5. The van der Waals surface area contributed by atoms with Crippen LogP contribution in [-0.2, 0) is 16.1 Å². The summed E-state index contributed by atoms with van der Waals surface area (Å²) in [5, 5.41) is 2.79. The van der Waals surface area contributed by atoms with E-state index in [1.807, 2.05) is 55.5 Å². The zero-order valence-corrected chi connectivity index (χ0v) is 20.7. The van der Waals surface area contributed by atoms with Crippen LogP contribution >= 0.6 is 24.0 Å². The Bertz CT molecular complexity index is 1230. The number of anilines is 1. The van der Waals surface area contributed by atoms with Gasteiger partial charge in [-0.15, -0.1) is 0 Å². The number of hydrogen-bond donors (Lipinski definition) is 1. The molecule has 1 N–H and O–H groups in total. The summed E-state index contributed by atoms with van der Waals surface area (Å²) in [4.78, 5) is 27.2. The lowest BCUT2D eigenvalue weighted by Gasteiger charge is -2.14. The fourth-order valence-electron chi connectivity index (χ4n) is 3.36. The first-order valence-electron chi connectivity index (χ1n) is 11.1. The van der Waals surface area contributed by atoms with Gasteiger partial charge in [0.2, 0.25) is 0 Å². The molecule has 1 heterocycles. The Balaban J connectivity index is 1.30. The lowest BCUT2D eigenvalue weighted by Crippen LogP contribution is -2.27. The normalized spacial score (nSPS) is 14.3. The van der Waals surface area contributed by atoms with E-state index in [0.29, 0.717) is 33.8 Å². The smallest absolute Gasteiger partial charge is 0.266 e. The maximum atomic E-state index is 12.8. The summed E-state index contributed by atoms with van der Waals surface area (Å²) in [5.74, 6) is 0.941. The lowest BCUT2D eigenvalue weighted by atomic mass is 10.2. The van der Waals surface area contributed by atoms with Crippen LogP contribution in [0.1, 0.15) is 18.1 Å². The van der Waals surface area contributed by atoms with E-state index >= 15 is 0 Å². The first-order valence-corrected chi connectivity index (χ1v) is 12.3. The highest BCUT2D eigenvalue weighted by Crippen LogP contribution is 2.33. The van der Waals surface area contributed by atoms with Gasteiger partial charge < -0.3 is 14.8 Å². The highest BCUT2D eigenvalue weighted by atomic mass is 32.2. The van der Waals surface area contributed by atoms with Gasteiger partial charge in [-0.1, -0.05) is 66.4 Å². The number of carbonyl (C=O) groups is 2. The van der Waals surface area contributed by atoms with Gasteiger partial charge >= 0.3 is 0 Å². The summed E-state index contributed by atoms with van der Waals surface area (Å²) in [6.45, 7) is 2.84. The van der Waals surface area contributed by atoms with Crippen LogP contribution in [0.15, 0.2) is 83.8 Å². The maximum absolute atomic E-state index is 12.8. The monoisotopic (exact) mass is 504 g/mol. The molecular weight excluding hydrogens is 480 g/mol. The number of thiocarbonyl (C=S) groups is 1. The molecule has 3 aromatic rings. The fraction of sp³-hybridized carbons (Fsp3) is 0.148. The summed E-state index contributed by atoms with van der Waals surface area (Å²) in [5.41, 5.74) is 2.54. The van der Waals surface area contributed by atoms with Crippen LogP contribution in [0.2, 0.25) is 0 Å². The summed E-state index contributed by atoms with van der Waals surface area (Å²) >= 11 is 6.71. The quantitative estimate of drug-likeness (QED) is 0.306. The number of carbonyl (C=O) groups excluding carboxylic acids is 2. The van der Waals surface area contributed by atoms with E-state index in [9.17, 15) is 9.59 Å². The number of nitrogens with zero attached hydrogens (tertiary/aromatic N) is 1. The van der Waals surface area contributed by atoms with Gasteiger partial charge in [-0.25, -0.2) is 0 Å². The molecule has 178 valence electrons. The number of rotatable bonds is 9. The predicted octanol–water partition coefficient (Wildman–Crippen LogP) is 5.50. The molecule has 1 saturated heterocycles. The van der Waals surface area contributed by atoms with E-state index in [1.165, 1.54) is 11.8 Å². The minimum Gasteiger partial charge on any atom is -0.494 e. The average Bonchev–Trinajstić information content (AvgIpc) is 3.13. The number of nitrogens with one attached hydrogen (secondary N) is 1. The topological polar surface area (TPSA) is 67.9 Å². The number of hydrogen-bond acceptors (Lipinski definition) is 6. The van der Waals surface area contributed by atoms with Crippen LogP contribution in [0.3, 0.4) is 0 Å². The molecule has 2 amide bonds. The third-order valence-electron chi connectivity index (χ3n) is 5.05. The maximum Gasteiger partial charge on any atom is 0.266 e. The van der Waals surface area contributed by atoms with Crippen molar-refractivity contribution >= 4 is 51.9 Å². The van der Waals surface area contributed by atoms with Crippen molar-refractivity contribution < 1.29 is 19.1 Å². The van der Waals surface area contributed by atoms with Gasteiger partial charge in [0, 0.05) is 5.69 Å². The molecule has 0 radical (unpaired) electrons. The van der Waals surface area contributed by atoms with Gasteiger partial charge in [0.1, 0.15) is 15.8 Å². The van der Waals surface area contributed by atoms with E-state index < -0.39 is 0 Å². The first-order chi connectivity index (χ1) is 17.0. The highest BCUT2D eigenvalue weighted by Gasteiger charge is 2.31. The molecule has 0 atom stereocenters. The third-order valence-corrected chi connectivity index (χ3v) is 6.43. The highest BCUT2D eigenvalue weighted by molar-refractivity contribution is 8.26. The number of amides is 2. The van der Waals surface area contributed by atoms with Crippen LogP contribution in [0.5, 0.6) is 11.5 Å². The Hall–Kier alpha value is -3.62. The fourth-order valence-corrected chi connectivity index (χ4v) is 4.62. The minimum absolute atomic E-state index is 0.102. The van der Waals surface area contributed by atoms with Crippen LogP contribution < -0.4 is 14.8 Å². The molecule has 35 heavy (non-hydrogen) atoms. The van der Waals surface area contributed by atoms with Crippen molar-refractivity contribution in [3.8, 4) is 11.5 Å². The molecule has 0 aliphatic carbocycles. The molecular formula is C27H24N2O4S2. The molecule has 1 aliphatic rings. The lowest BCUT2D eigenvalue weighted by molar-refractivity contribution is -0.122. The van der Waals surface area contributed by atoms with Crippen LogP contribution in [0, 0.1) is 0 Å². The van der Waals surface area contributed by atoms with E-state index in [4.69, 9.17) is 21.7 Å². The van der Waals surface area contributed by atoms with Crippen molar-refractivity contribution in [3.05, 3.63) is 94.9 Å². The molecule has 0 bridgehead atoms.